The number of amides is 1. The molecule has 0 spiro atoms. The van der Waals surface area contributed by atoms with Gasteiger partial charge in [0.1, 0.15) is 6.04 Å². The Morgan fingerprint density at radius 3 is 2.59 bits per heavy atom. The van der Waals surface area contributed by atoms with Crippen molar-refractivity contribution < 1.29 is 9.53 Å². The number of hydrogen-bond acceptors (Lipinski definition) is 6. The maximum atomic E-state index is 13.2. The molecule has 0 aliphatic carbocycles. The lowest BCUT2D eigenvalue weighted by molar-refractivity contribution is -0.121. The summed E-state index contributed by atoms with van der Waals surface area (Å²) in [6.45, 7) is 8.75. The third-order valence-corrected chi connectivity index (χ3v) is 6.34. The second-order valence-corrected chi connectivity index (χ2v) is 9.00. The van der Waals surface area contributed by atoms with Crippen LogP contribution < -0.4 is 5.32 Å². The standard InChI is InChI=1S/C22H30N4O2S/c1-16-12-25(13-17(2)28-16)14-19-15-29-22(23-19)24-21(27)20(26-10-6-7-11-26)18-8-4-3-5-9-18/h3-5,8-9,15-17,20H,6-7,10-14H2,1-2H3,(H,23,24,27). The van der Waals surface area contributed by atoms with Gasteiger partial charge in [0.15, 0.2) is 5.13 Å². The highest BCUT2D eigenvalue weighted by molar-refractivity contribution is 7.13. The van der Waals surface area contributed by atoms with Crippen LogP contribution in [-0.4, -0.2) is 59.1 Å². The van der Waals surface area contributed by atoms with Crippen LogP contribution >= 0.6 is 11.3 Å². The minimum absolute atomic E-state index is 0.00705. The SMILES string of the molecule is CC1CN(Cc2csc(NC(=O)C(c3ccccc3)N3CCCC3)n2)CC(C)O1. The van der Waals surface area contributed by atoms with Crippen molar-refractivity contribution in [3.8, 4) is 0 Å². The summed E-state index contributed by atoms with van der Waals surface area (Å²) in [6, 6.07) is 9.80. The first-order chi connectivity index (χ1) is 14.1. The molecule has 0 bridgehead atoms. The van der Waals surface area contributed by atoms with E-state index < -0.39 is 0 Å². The van der Waals surface area contributed by atoms with Crippen LogP contribution in [0.2, 0.25) is 0 Å². The molecule has 2 aromatic rings. The van der Waals surface area contributed by atoms with Crippen molar-refractivity contribution in [1.82, 2.24) is 14.8 Å². The molecule has 2 fully saturated rings. The summed E-state index contributed by atoms with van der Waals surface area (Å²) in [6.07, 6.45) is 2.77. The highest BCUT2D eigenvalue weighted by Crippen LogP contribution is 2.27. The molecular weight excluding hydrogens is 384 g/mol. The maximum Gasteiger partial charge on any atom is 0.248 e. The molecule has 7 heteroatoms. The Morgan fingerprint density at radius 2 is 1.90 bits per heavy atom. The van der Waals surface area contributed by atoms with E-state index in [4.69, 9.17) is 4.74 Å². The van der Waals surface area contributed by atoms with Gasteiger partial charge >= 0.3 is 0 Å². The molecule has 0 radical (unpaired) electrons. The number of rotatable bonds is 6. The zero-order valence-corrected chi connectivity index (χ0v) is 18.0. The lowest BCUT2D eigenvalue weighted by atomic mass is 10.1. The summed E-state index contributed by atoms with van der Waals surface area (Å²) in [7, 11) is 0. The summed E-state index contributed by atoms with van der Waals surface area (Å²) in [5.74, 6) is 0.00705. The number of carbonyl (C=O) groups is 1. The van der Waals surface area contributed by atoms with E-state index in [-0.39, 0.29) is 24.2 Å². The van der Waals surface area contributed by atoms with Gasteiger partial charge < -0.3 is 10.1 Å². The lowest BCUT2D eigenvalue weighted by Crippen LogP contribution is -2.44. The Labute approximate surface area is 176 Å². The molecule has 2 aliphatic rings. The Morgan fingerprint density at radius 1 is 1.21 bits per heavy atom. The van der Waals surface area contributed by atoms with E-state index in [1.54, 1.807) is 0 Å². The number of ether oxygens (including phenoxy) is 1. The zero-order valence-electron chi connectivity index (χ0n) is 17.2. The van der Waals surface area contributed by atoms with Crippen molar-refractivity contribution in [2.24, 2.45) is 0 Å². The van der Waals surface area contributed by atoms with Crippen LogP contribution in [-0.2, 0) is 16.1 Å². The summed E-state index contributed by atoms with van der Waals surface area (Å²) in [5.41, 5.74) is 2.05. The van der Waals surface area contributed by atoms with Crippen molar-refractivity contribution in [3.05, 3.63) is 47.0 Å². The average Bonchev–Trinajstić information content (AvgIpc) is 3.35. The molecule has 6 nitrogen and oxygen atoms in total. The number of carbonyl (C=O) groups excluding carboxylic acids is 1. The lowest BCUT2D eigenvalue weighted by Gasteiger charge is -2.34. The third-order valence-electron chi connectivity index (χ3n) is 5.53. The minimum atomic E-state index is -0.257. The Balaban J connectivity index is 1.42. The van der Waals surface area contributed by atoms with Gasteiger partial charge in [-0.05, 0) is 45.3 Å². The molecule has 3 heterocycles. The molecule has 29 heavy (non-hydrogen) atoms. The predicted octanol–water partition coefficient (Wildman–Crippen LogP) is 3.53. The van der Waals surface area contributed by atoms with E-state index in [2.05, 4.69) is 33.9 Å². The normalized spacial score (nSPS) is 24.5. The smallest absolute Gasteiger partial charge is 0.248 e. The second-order valence-electron chi connectivity index (χ2n) is 8.14. The van der Waals surface area contributed by atoms with Gasteiger partial charge in [-0.15, -0.1) is 11.3 Å². The summed E-state index contributed by atoms with van der Waals surface area (Å²) in [4.78, 5) is 22.5. The van der Waals surface area contributed by atoms with Crippen LogP contribution in [0.4, 0.5) is 5.13 Å². The molecule has 156 valence electrons. The van der Waals surface area contributed by atoms with Crippen molar-refractivity contribution in [2.45, 2.75) is 51.5 Å². The van der Waals surface area contributed by atoms with Crippen LogP contribution in [0.25, 0.3) is 0 Å². The van der Waals surface area contributed by atoms with Crippen molar-refractivity contribution in [2.75, 3.05) is 31.5 Å². The monoisotopic (exact) mass is 414 g/mol. The molecule has 1 aromatic carbocycles. The molecule has 3 unspecified atom stereocenters. The highest BCUT2D eigenvalue weighted by atomic mass is 32.1. The van der Waals surface area contributed by atoms with Gasteiger partial charge in [-0.3, -0.25) is 14.6 Å². The van der Waals surface area contributed by atoms with Crippen molar-refractivity contribution >= 4 is 22.4 Å². The zero-order chi connectivity index (χ0) is 20.2. The molecular formula is C22H30N4O2S. The quantitative estimate of drug-likeness (QED) is 0.784. The number of likely N-dealkylation sites (tertiary alicyclic amines) is 1. The van der Waals surface area contributed by atoms with E-state index >= 15 is 0 Å². The van der Waals surface area contributed by atoms with Gasteiger partial charge in [-0.2, -0.15) is 0 Å². The molecule has 0 saturated carbocycles. The number of anilines is 1. The molecule has 4 rings (SSSR count). The third kappa shape index (κ3) is 5.22. The first-order valence-corrected chi connectivity index (χ1v) is 11.4. The average molecular weight is 415 g/mol. The number of benzene rings is 1. The fourth-order valence-corrected chi connectivity index (χ4v) is 5.12. The van der Waals surface area contributed by atoms with Gasteiger partial charge in [0.2, 0.25) is 5.91 Å². The Kier molecular flexibility index (Phi) is 6.60. The fraction of sp³-hybridized carbons (Fsp3) is 0.545. The molecule has 3 atom stereocenters. The topological polar surface area (TPSA) is 57.7 Å². The van der Waals surface area contributed by atoms with Crippen molar-refractivity contribution in [1.29, 1.82) is 0 Å². The molecule has 1 amide bonds. The number of nitrogens with one attached hydrogen (secondary N) is 1. The predicted molar refractivity (Wildman–Crippen MR) is 116 cm³/mol. The minimum Gasteiger partial charge on any atom is -0.373 e. The van der Waals surface area contributed by atoms with Crippen molar-refractivity contribution in [3.63, 3.8) is 0 Å². The molecule has 1 N–H and O–H groups in total. The molecule has 2 aliphatic heterocycles. The van der Waals surface area contributed by atoms with Gasteiger partial charge in [0.25, 0.3) is 0 Å². The maximum absolute atomic E-state index is 13.2. The van der Waals surface area contributed by atoms with E-state index in [9.17, 15) is 4.79 Å². The number of thiazole rings is 1. The summed E-state index contributed by atoms with van der Waals surface area (Å²) < 4.78 is 5.81. The van der Waals surface area contributed by atoms with E-state index in [0.717, 1.165) is 56.8 Å². The summed E-state index contributed by atoms with van der Waals surface area (Å²) in [5, 5.41) is 5.81. The fourth-order valence-electron chi connectivity index (χ4n) is 4.42. The Hall–Kier alpha value is -1.80. The van der Waals surface area contributed by atoms with E-state index in [1.807, 2.05) is 35.7 Å². The largest absolute Gasteiger partial charge is 0.373 e. The highest BCUT2D eigenvalue weighted by Gasteiger charge is 2.30. The van der Waals surface area contributed by atoms with E-state index in [0.29, 0.717) is 5.13 Å². The van der Waals surface area contributed by atoms with Gasteiger partial charge in [0.05, 0.1) is 17.9 Å². The number of aromatic nitrogens is 1. The second kappa shape index (κ2) is 9.34. The van der Waals surface area contributed by atoms with Gasteiger partial charge in [-0.25, -0.2) is 4.98 Å². The van der Waals surface area contributed by atoms with Gasteiger partial charge in [0, 0.05) is 25.0 Å². The van der Waals surface area contributed by atoms with Crippen LogP contribution in [0.3, 0.4) is 0 Å². The van der Waals surface area contributed by atoms with Crippen LogP contribution in [0, 0.1) is 0 Å². The van der Waals surface area contributed by atoms with Crippen LogP contribution in [0.5, 0.6) is 0 Å². The number of hydrogen-bond donors (Lipinski definition) is 1. The Bertz CT molecular complexity index is 796. The van der Waals surface area contributed by atoms with Crippen LogP contribution in [0.1, 0.15) is 44.0 Å². The molecule has 1 aromatic heterocycles. The van der Waals surface area contributed by atoms with E-state index in [1.165, 1.54) is 11.3 Å². The van der Waals surface area contributed by atoms with Gasteiger partial charge in [-0.1, -0.05) is 30.3 Å². The first-order valence-electron chi connectivity index (χ1n) is 10.5. The van der Waals surface area contributed by atoms with Crippen LogP contribution in [0.15, 0.2) is 35.7 Å². The number of nitrogens with zero attached hydrogens (tertiary/aromatic N) is 3. The summed E-state index contributed by atoms with van der Waals surface area (Å²) >= 11 is 1.50. The number of morpholine rings is 1. The first kappa shape index (κ1) is 20.5. The molecule has 2 saturated heterocycles.